The second-order valence-electron chi connectivity index (χ2n) is 5.76. The van der Waals surface area contributed by atoms with Gasteiger partial charge in [0.25, 0.3) is 0 Å². The summed E-state index contributed by atoms with van der Waals surface area (Å²) < 4.78 is 5.73. The zero-order chi connectivity index (χ0) is 18.9. The number of hydrogen-bond donors (Lipinski definition) is 0. The SMILES string of the molecule is CCN(CC)CCOc1ccc(C(=O)C=Cc2ccc(Cl)cc2Cl)cc1. The predicted octanol–water partition coefficient (Wildman–Crippen LogP) is 5.61. The molecule has 0 aliphatic carbocycles. The standard InChI is InChI=1S/C21H23Cl2NO2/c1-3-24(4-2)13-14-26-19-10-6-17(7-11-19)21(25)12-8-16-5-9-18(22)15-20(16)23/h5-12,15H,3-4,13-14H2,1-2H3. The lowest BCUT2D eigenvalue weighted by molar-refractivity contribution is 0.104. The van der Waals surface area contributed by atoms with Crippen molar-refractivity contribution in [1.82, 2.24) is 4.90 Å². The first-order valence-electron chi connectivity index (χ1n) is 8.66. The number of nitrogens with zero attached hydrogens (tertiary/aromatic N) is 1. The molecule has 2 rings (SSSR count). The molecule has 0 saturated carbocycles. The number of ether oxygens (including phenoxy) is 1. The van der Waals surface area contributed by atoms with Crippen LogP contribution in [0.5, 0.6) is 5.75 Å². The molecule has 0 aromatic heterocycles. The molecule has 0 unspecified atom stereocenters. The fourth-order valence-corrected chi connectivity index (χ4v) is 2.92. The molecule has 0 saturated heterocycles. The van der Waals surface area contributed by atoms with Crippen LogP contribution in [0.4, 0.5) is 0 Å². The largest absolute Gasteiger partial charge is 0.492 e. The summed E-state index contributed by atoms with van der Waals surface area (Å²) in [4.78, 5) is 14.6. The van der Waals surface area contributed by atoms with Crippen molar-refractivity contribution in [1.29, 1.82) is 0 Å². The van der Waals surface area contributed by atoms with E-state index in [1.54, 1.807) is 36.4 Å². The van der Waals surface area contributed by atoms with E-state index in [4.69, 9.17) is 27.9 Å². The molecule has 0 aliphatic heterocycles. The van der Waals surface area contributed by atoms with Gasteiger partial charge in [0.15, 0.2) is 5.78 Å². The number of carbonyl (C=O) groups excluding carboxylic acids is 1. The van der Waals surface area contributed by atoms with Crippen LogP contribution < -0.4 is 4.74 Å². The van der Waals surface area contributed by atoms with Gasteiger partial charge in [-0.3, -0.25) is 4.79 Å². The van der Waals surface area contributed by atoms with Crippen LogP contribution >= 0.6 is 23.2 Å². The smallest absolute Gasteiger partial charge is 0.185 e. The van der Waals surface area contributed by atoms with Crippen molar-refractivity contribution in [3.8, 4) is 5.75 Å². The zero-order valence-corrected chi connectivity index (χ0v) is 16.6. The Bertz CT molecular complexity index is 753. The second-order valence-corrected chi connectivity index (χ2v) is 6.61. The maximum atomic E-state index is 12.3. The first-order chi connectivity index (χ1) is 12.5. The Balaban J connectivity index is 1.92. The Morgan fingerprint density at radius 2 is 1.77 bits per heavy atom. The van der Waals surface area contributed by atoms with Crippen molar-refractivity contribution < 1.29 is 9.53 Å². The monoisotopic (exact) mass is 391 g/mol. The summed E-state index contributed by atoms with van der Waals surface area (Å²) >= 11 is 12.0. The number of allylic oxidation sites excluding steroid dienone is 1. The first kappa shape index (κ1) is 20.5. The van der Waals surface area contributed by atoms with E-state index in [-0.39, 0.29) is 5.78 Å². The highest BCUT2D eigenvalue weighted by atomic mass is 35.5. The van der Waals surface area contributed by atoms with Crippen molar-refractivity contribution in [3.63, 3.8) is 0 Å². The van der Waals surface area contributed by atoms with Crippen LogP contribution in [-0.2, 0) is 0 Å². The average Bonchev–Trinajstić information content (AvgIpc) is 2.65. The van der Waals surface area contributed by atoms with E-state index in [1.165, 1.54) is 6.08 Å². The topological polar surface area (TPSA) is 29.5 Å². The molecule has 2 aromatic rings. The van der Waals surface area contributed by atoms with Crippen LogP contribution in [0.3, 0.4) is 0 Å². The number of carbonyl (C=O) groups is 1. The minimum Gasteiger partial charge on any atom is -0.492 e. The number of likely N-dealkylation sites (N-methyl/N-ethyl adjacent to an activating group) is 1. The highest BCUT2D eigenvalue weighted by Crippen LogP contribution is 2.22. The third-order valence-electron chi connectivity index (χ3n) is 4.09. The van der Waals surface area contributed by atoms with Crippen molar-refractivity contribution >= 4 is 35.1 Å². The van der Waals surface area contributed by atoms with Crippen LogP contribution in [0.25, 0.3) is 6.08 Å². The van der Waals surface area contributed by atoms with Crippen molar-refractivity contribution in [2.75, 3.05) is 26.2 Å². The van der Waals surface area contributed by atoms with Gasteiger partial charge in [0.1, 0.15) is 12.4 Å². The molecule has 2 aromatic carbocycles. The summed E-state index contributed by atoms with van der Waals surface area (Å²) in [5.74, 6) is 0.670. The van der Waals surface area contributed by atoms with Crippen LogP contribution in [0, 0.1) is 0 Å². The van der Waals surface area contributed by atoms with Gasteiger partial charge in [-0.15, -0.1) is 0 Å². The fourth-order valence-electron chi connectivity index (χ4n) is 2.45. The molecular formula is C21H23Cl2NO2. The molecule has 5 heteroatoms. The van der Waals surface area contributed by atoms with Gasteiger partial charge in [-0.25, -0.2) is 0 Å². The quantitative estimate of drug-likeness (QED) is 0.410. The van der Waals surface area contributed by atoms with Crippen molar-refractivity contribution in [2.24, 2.45) is 0 Å². The Morgan fingerprint density at radius 3 is 2.38 bits per heavy atom. The molecule has 0 spiro atoms. The summed E-state index contributed by atoms with van der Waals surface area (Å²) in [5, 5.41) is 1.08. The van der Waals surface area contributed by atoms with Crippen molar-refractivity contribution in [3.05, 3.63) is 69.7 Å². The summed E-state index contributed by atoms with van der Waals surface area (Å²) in [6.07, 6.45) is 3.20. The van der Waals surface area contributed by atoms with E-state index < -0.39 is 0 Å². The van der Waals surface area contributed by atoms with Crippen molar-refractivity contribution in [2.45, 2.75) is 13.8 Å². The Labute approximate surface area is 165 Å². The van der Waals surface area contributed by atoms with Crippen LogP contribution in [0.15, 0.2) is 48.5 Å². The number of benzene rings is 2. The summed E-state index contributed by atoms with van der Waals surface area (Å²) in [6, 6.07) is 12.3. The lowest BCUT2D eigenvalue weighted by atomic mass is 10.1. The van der Waals surface area contributed by atoms with Gasteiger partial charge in [-0.05, 0) is 67.2 Å². The molecule has 0 bridgehead atoms. The summed E-state index contributed by atoms with van der Waals surface area (Å²) in [7, 11) is 0. The maximum absolute atomic E-state index is 12.3. The zero-order valence-electron chi connectivity index (χ0n) is 15.0. The normalized spacial score (nSPS) is 11.3. The predicted molar refractivity (Wildman–Crippen MR) is 110 cm³/mol. The Hall–Kier alpha value is -1.81. The van der Waals surface area contributed by atoms with Gasteiger partial charge in [-0.2, -0.15) is 0 Å². The number of ketones is 1. The molecule has 3 nitrogen and oxygen atoms in total. The van der Waals surface area contributed by atoms with E-state index in [2.05, 4.69) is 18.7 Å². The number of halogens is 2. The molecular weight excluding hydrogens is 369 g/mol. The highest BCUT2D eigenvalue weighted by molar-refractivity contribution is 6.35. The molecule has 0 radical (unpaired) electrons. The van der Waals surface area contributed by atoms with Gasteiger partial charge in [0.2, 0.25) is 0 Å². The van der Waals surface area contributed by atoms with E-state index >= 15 is 0 Å². The van der Waals surface area contributed by atoms with E-state index in [0.29, 0.717) is 22.2 Å². The van der Waals surface area contributed by atoms with Crippen LogP contribution in [0.1, 0.15) is 29.8 Å². The maximum Gasteiger partial charge on any atom is 0.185 e. The number of hydrogen-bond acceptors (Lipinski definition) is 3. The highest BCUT2D eigenvalue weighted by Gasteiger charge is 2.04. The molecule has 0 N–H and O–H groups in total. The van der Waals surface area contributed by atoms with Gasteiger partial charge in [-0.1, -0.05) is 43.1 Å². The van der Waals surface area contributed by atoms with Crippen LogP contribution in [-0.4, -0.2) is 36.9 Å². The first-order valence-corrected chi connectivity index (χ1v) is 9.41. The minimum atomic E-state index is -0.0919. The van der Waals surface area contributed by atoms with E-state index in [9.17, 15) is 4.79 Å². The minimum absolute atomic E-state index is 0.0919. The Morgan fingerprint density at radius 1 is 1.08 bits per heavy atom. The van der Waals surface area contributed by atoms with Gasteiger partial charge < -0.3 is 9.64 Å². The Kier molecular flexibility index (Phi) is 8.17. The molecule has 0 aliphatic rings. The average molecular weight is 392 g/mol. The second kappa shape index (κ2) is 10.4. The van der Waals surface area contributed by atoms with Crippen LogP contribution in [0.2, 0.25) is 10.0 Å². The van der Waals surface area contributed by atoms with Gasteiger partial charge in [0.05, 0.1) is 0 Å². The lowest BCUT2D eigenvalue weighted by Crippen LogP contribution is -2.27. The summed E-state index contributed by atoms with van der Waals surface area (Å²) in [6.45, 7) is 7.81. The molecule has 0 atom stereocenters. The van der Waals surface area contributed by atoms with E-state index in [0.717, 1.165) is 30.9 Å². The molecule has 138 valence electrons. The molecule has 0 amide bonds. The fraction of sp³-hybridized carbons (Fsp3) is 0.286. The molecule has 26 heavy (non-hydrogen) atoms. The molecule has 0 heterocycles. The number of rotatable bonds is 9. The van der Waals surface area contributed by atoms with E-state index in [1.807, 2.05) is 12.1 Å². The third kappa shape index (κ3) is 6.17. The summed E-state index contributed by atoms with van der Waals surface area (Å²) in [5.41, 5.74) is 1.35. The van der Waals surface area contributed by atoms with Gasteiger partial charge >= 0.3 is 0 Å². The lowest BCUT2D eigenvalue weighted by Gasteiger charge is -2.17. The third-order valence-corrected chi connectivity index (χ3v) is 4.65. The molecule has 0 fully saturated rings. The van der Waals surface area contributed by atoms with Gasteiger partial charge in [0, 0.05) is 22.2 Å².